The van der Waals surface area contributed by atoms with Crippen LogP contribution in [0, 0.1) is 0 Å². The molecule has 3 rings (SSSR count). The van der Waals surface area contributed by atoms with Gasteiger partial charge in [0.05, 0.1) is 6.61 Å². The Morgan fingerprint density at radius 3 is 2.67 bits per heavy atom. The minimum atomic E-state index is -4.73. The Bertz CT molecular complexity index is 676. The second-order valence-corrected chi connectivity index (χ2v) is 6.98. The first kappa shape index (κ1) is 17.5. The molecule has 1 amide bonds. The number of fused-ring (bicyclic) bond motifs is 1. The molecule has 0 aliphatic carbocycles. The van der Waals surface area contributed by atoms with Gasteiger partial charge >= 0.3 is 7.82 Å². The Balaban J connectivity index is 1.74. The molecular weight excluding hydrogens is 341 g/mol. The predicted octanol–water partition coefficient (Wildman–Crippen LogP) is -0.759. The first-order valence-corrected chi connectivity index (χ1v) is 8.91. The number of aliphatic hydroxyl groups is 2. The molecule has 0 saturated carbocycles. The number of benzene rings is 1. The molecule has 10 heteroatoms. The summed E-state index contributed by atoms with van der Waals surface area (Å²) >= 11 is 0. The van der Waals surface area contributed by atoms with Crippen molar-refractivity contribution in [1.29, 1.82) is 0 Å². The van der Waals surface area contributed by atoms with Gasteiger partial charge in [0.15, 0.2) is 6.23 Å². The van der Waals surface area contributed by atoms with Gasteiger partial charge in [0.1, 0.15) is 18.3 Å². The summed E-state index contributed by atoms with van der Waals surface area (Å²) < 4.78 is 20.5. The zero-order chi connectivity index (χ0) is 17.5. The number of hydrogen-bond acceptors (Lipinski definition) is 6. The molecule has 132 valence electrons. The van der Waals surface area contributed by atoms with Crippen molar-refractivity contribution in [2.75, 3.05) is 13.2 Å². The molecule has 1 aromatic rings. The molecule has 2 heterocycles. The molecule has 1 saturated heterocycles. The van der Waals surface area contributed by atoms with E-state index in [1.54, 1.807) is 12.1 Å². The van der Waals surface area contributed by atoms with E-state index in [0.29, 0.717) is 18.5 Å². The lowest BCUT2D eigenvalue weighted by molar-refractivity contribution is -0.0834. The van der Waals surface area contributed by atoms with Gasteiger partial charge in [0.2, 0.25) is 0 Å². The van der Waals surface area contributed by atoms with E-state index >= 15 is 0 Å². The van der Waals surface area contributed by atoms with Crippen LogP contribution in [0.4, 0.5) is 0 Å². The number of carbonyl (C=O) groups is 1. The van der Waals surface area contributed by atoms with E-state index in [0.717, 1.165) is 5.56 Å². The van der Waals surface area contributed by atoms with Crippen LogP contribution in [0.15, 0.2) is 24.3 Å². The number of carbonyl (C=O) groups excluding carboxylic acids is 1. The molecule has 24 heavy (non-hydrogen) atoms. The van der Waals surface area contributed by atoms with Crippen molar-refractivity contribution in [2.45, 2.75) is 31.0 Å². The summed E-state index contributed by atoms with van der Waals surface area (Å²) in [6, 6.07) is 7.09. The van der Waals surface area contributed by atoms with E-state index in [-0.39, 0.29) is 5.91 Å². The minimum absolute atomic E-state index is 0.302. The van der Waals surface area contributed by atoms with Crippen LogP contribution in [-0.2, 0) is 20.2 Å². The number of ether oxygens (including phenoxy) is 1. The van der Waals surface area contributed by atoms with Crippen LogP contribution in [0.2, 0.25) is 0 Å². The number of nitrogens with zero attached hydrogens (tertiary/aromatic N) is 1. The molecule has 0 radical (unpaired) electrons. The van der Waals surface area contributed by atoms with Gasteiger partial charge in [0.25, 0.3) is 5.91 Å². The minimum Gasteiger partial charge on any atom is -0.387 e. The maximum absolute atomic E-state index is 12.6. The molecule has 1 fully saturated rings. The fourth-order valence-corrected chi connectivity index (χ4v) is 3.32. The van der Waals surface area contributed by atoms with Gasteiger partial charge in [-0.15, -0.1) is 0 Å². The third-order valence-electron chi connectivity index (χ3n) is 4.18. The van der Waals surface area contributed by atoms with Gasteiger partial charge in [-0.25, -0.2) is 4.57 Å². The van der Waals surface area contributed by atoms with E-state index in [4.69, 9.17) is 14.5 Å². The molecule has 0 unspecified atom stereocenters. The fourth-order valence-electron chi connectivity index (χ4n) is 2.98. The van der Waals surface area contributed by atoms with E-state index in [9.17, 15) is 19.6 Å². The Labute approximate surface area is 137 Å². The first-order valence-electron chi connectivity index (χ1n) is 7.38. The molecule has 4 atom stereocenters. The molecule has 2 aliphatic rings. The molecular formula is C14H18NO8P. The average Bonchev–Trinajstić information content (AvgIpc) is 2.81. The fraction of sp³-hybridized carbons (Fsp3) is 0.500. The SMILES string of the molecule is O=C1c2ccccc2CCN1[C@@H]1O[C@H](COP(=O)(O)O)[C@H](O)[C@H]1O. The van der Waals surface area contributed by atoms with Gasteiger partial charge in [0, 0.05) is 12.1 Å². The van der Waals surface area contributed by atoms with Crippen molar-refractivity contribution in [3.63, 3.8) is 0 Å². The Morgan fingerprint density at radius 1 is 1.25 bits per heavy atom. The Morgan fingerprint density at radius 2 is 1.96 bits per heavy atom. The van der Waals surface area contributed by atoms with Crippen LogP contribution in [-0.4, -0.2) is 68.5 Å². The summed E-state index contributed by atoms with van der Waals surface area (Å²) in [6.07, 6.45) is -4.50. The lowest BCUT2D eigenvalue weighted by Gasteiger charge is -2.34. The molecule has 9 nitrogen and oxygen atoms in total. The molecule has 0 aromatic heterocycles. The highest BCUT2D eigenvalue weighted by molar-refractivity contribution is 7.46. The number of phosphoric ester groups is 1. The van der Waals surface area contributed by atoms with Crippen LogP contribution < -0.4 is 0 Å². The average molecular weight is 359 g/mol. The van der Waals surface area contributed by atoms with Crippen LogP contribution in [0.3, 0.4) is 0 Å². The van der Waals surface area contributed by atoms with Crippen LogP contribution in [0.1, 0.15) is 15.9 Å². The molecule has 1 aromatic carbocycles. The van der Waals surface area contributed by atoms with Gasteiger partial charge in [-0.2, -0.15) is 0 Å². The second kappa shape index (κ2) is 6.53. The van der Waals surface area contributed by atoms with Crippen molar-refractivity contribution in [3.8, 4) is 0 Å². The predicted molar refractivity (Wildman–Crippen MR) is 79.9 cm³/mol. The maximum Gasteiger partial charge on any atom is 0.469 e. The molecule has 2 aliphatic heterocycles. The van der Waals surface area contributed by atoms with Gasteiger partial charge in [-0.1, -0.05) is 18.2 Å². The summed E-state index contributed by atoms with van der Waals surface area (Å²) in [6.45, 7) is -0.298. The van der Waals surface area contributed by atoms with Gasteiger partial charge in [-0.05, 0) is 18.1 Å². The highest BCUT2D eigenvalue weighted by Gasteiger charge is 2.48. The van der Waals surface area contributed by atoms with Crippen molar-refractivity contribution in [3.05, 3.63) is 35.4 Å². The Hall–Kier alpha value is -1.32. The number of aliphatic hydroxyl groups excluding tert-OH is 2. The standard InChI is InChI=1S/C14H18NO8P/c16-11-10(7-22-24(19,20)21)23-14(12(11)17)15-6-5-8-3-1-2-4-9(8)13(15)18/h1-4,10-12,14,16-17H,5-7H2,(H2,19,20,21)/t10-,11+,12-,14-/m1/s1. The molecule has 0 spiro atoms. The summed E-state index contributed by atoms with van der Waals surface area (Å²) in [5, 5.41) is 20.1. The lowest BCUT2D eigenvalue weighted by atomic mass is 9.98. The normalized spacial score (nSPS) is 30.5. The Kier molecular flexibility index (Phi) is 4.76. The summed E-state index contributed by atoms with van der Waals surface area (Å²) in [4.78, 5) is 31.3. The smallest absolute Gasteiger partial charge is 0.387 e. The van der Waals surface area contributed by atoms with E-state index in [1.807, 2.05) is 12.1 Å². The summed E-state index contributed by atoms with van der Waals surface area (Å²) in [7, 11) is -4.73. The van der Waals surface area contributed by atoms with Gasteiger partial charge < -0.3 is 29.6 Å². The zero-order valence-corrected chi connectivity index (χ0v) is 13.5. The van der Waals surface area contributed by atoms with Gasteiger partial charge in [-0.3, -0.25) is 9.32 Å². The monoisotopic (exact) mass is 359 g/mol. The number of phosphoric acid groups is 1. The third kappa shape index (κ3) is 3.38. The molecule has 0 bridgehead atoms. The van der Waals surface area contributed by atoms with Crippen molar-refractivity contribution >= 4 is 13.7 Å². The maximum atomic E-state index is 12.6. The number of amides is 1. The summed E-state index contributed by atoms with van der Waals surface area (Å²) in [5.74, 6) is -0.329. The van der Waals surface area contributed by atoms with Crippen molar-refractivity contribution in [2.24, 2.45) is 0 Å². The largest absolute Gasteiger partial charge is 0.469 e. The van der Waals surface area contributed by atoms with Crippen molar-refractivity contribution < 1.29 is 38.6 Å². The van der Waals surface area contributed by atoms with E-state index in [2.05, 4.69) is 4.52 Å². The van der Waals surface area contributed by atoms with Crippen LogP contribution >= 0.6 is 7.82 Å². The summed E-state index contributed by atoms with van der Waals surface area (Å²) in [5.41, 5.74) is 1.40. The van der Waals surface area contributed by atoms with Crippen LogP contribution in [0.5, 0.6) is 0 Å². The highest BCUT2D eigenvalue weighted by Crippen LogP contribution is 2.37. The van der Waals surface area contributed by atoms with Crippen LogP contribution in [0.25, 0.3) is 0 Å². The third-order valence-corrected chi connectivity index (χ3v) is 4.67. The first-order chi connectivity index (χ1) is 11.3. The zero-order valence-electron chi connectivity index (χ0n) is 12.6. The lowest BCUT2D eigenvalue weighted by Crippen LogP contribution is -2.50. The molecule has 4 N–H and O–H groups in total. The number of hydrogen-bond donors (Lipinski definition) is 4. The highest BCUT2D eigenvalue weighted by atomic mass is 31.2. The second-order valence-electron chi connectivity index (χ2n) is 5.74. The van der Waals surface area contributed by atoms with Crippen molar-refractivity contribution in [1.82, 2.24) is 4.90 Å². The van der Waals surface area contributed by atoms with E-state index < -0.39 is 39.0 Å². The number of rotatable bonds is 4. The van der Waals surface area contributed by atoms with E-state index in [1.165, 1.54) is 4.90 Å². The topological polar surface area (TPSA) is 137 Å². The quantitative estimate of drug-likeness (QED) is 0.515.